The van der Waals surface area contributed by atoms with Gasteiger partial charge in [-0.15, -0.1) is 5.10 Å². The molecule has 1 amide bonds. The molecular formula is C19H18F3N5O. The molecule has 0 aliphatic rings. The Bertz CT molecular complexity index is 897. The number of benzene rings is 1. The number of pyridine rings is 1. The second kappa shape index (κ2) is 8.64. The van der Waals surface area contributed by atoms with E-state index in [0.29, 0.717) is 6.54 Å². The van der Waals surface area contributed by atoms with Crippen LogP contribution in [0, 0.1) is 0 Å². The van der Waals surface area contributed by atoms with Crippen molar-refractivity contribution >= 4 is 5.91 Å². The molecule has 0 saturated carbocycles. The molecule has 1 N–H and O–H groups in total. The SMILES string of the molecule is O=C(N[C@H](c1cccnc1)C(F)(F)F)c1cn(CCCc2ccccc2)nn1. The van der Waals surface area contributed by atoms with Gasteiger partial charge in [-0.3, -0.25) is 14.5 Å². The first-order chi connectivity index (χ1) is 13.4. The number of hydrogen-bond donors (Lipinski definition) is 1. The Morgan fingerprint density at radius 3 is 2.61 bits per heavy atom. The maximum atomic E-state index is 13.3. The third kappa shape index (κ3) is 5.15. The first kappa shape index (κ1) is 19.5. The average Bonchev–Trinajstić information content (AvgIpc) is 3.16. The van der Waals surface area contributed by atoms with E-state index in [2.05, 4.69) is 15.3 Å². The van der Waals surface area contributed by atoms with Crippen LogP contribution in [0.25, 0.3) is 0 Å². The highest BCUT2D eigenvalue weighted by Crippen LogP contribution is 2.32. The quantitative estimate of drug-likeness (QED) is 0.673. The zero-order valence-electron chi connectivity index (χ0n) is 14.8. The van der Waals surface area contributed by atoms with E-state index >= 15 is 0 Å². The third-order valence-electron chi connectivity index (χ3n) is 4.09. The van der Waals surface area contributed by atoms with Crippen molar-refractivity contribution in [2.75, 3.05) is 0 Å². The molecule has 0 fully saturated rings. The highest BCUT2D eigenvalue weighted by atomic mass is 19.4. The van der Waals surface area contributed by atoms with Gasteiger partial charge in [0.05, 0.1) is 6.20 Å². The van der Waals surface area contributed by atoms with Gasteiger partial charge in [0, 0.05) is 24.5 Å². The van der Waals surface area contributed by atoms with Crippen LogP contribution < -0.4 is 5.32 Å². The number of alkyl halides is 3. The zero-order chi connectivity index (χ0) is 20.0. The molecule has 6 nitrogen and oxygen atoms in total. The number of carbonyl (C=O) groups excluding carboxylic acids is 1. The summed E-state index contributed by atoms with van der Waals surface area (Å²) in [6, 6.07) is 10.3. The van der Waals surface area contributed by atoms with Gasteiger partial charge in [-0.25, -0.2) is 0 Å². The lowest BCUT2D eigenvalue weighted by atomic mass is 10.1. The number of aromatic nitrogens is 4. The van der Waals surface area contributed by atoms with Gasteiger partial charge in [-0.1, -0.05) is 41.6 Å². The topological polar surface area (TPSA) is 72.7 Å². The second-order valence-corrected chi connectivity index (χ2v) is 6.19. The fraction of sp³-hybridized carbons (Fsp3) is 0.263. The van der Waals surface area contributed by atoms with E-state index in [4.69, 9.17) is 0 Å². The Kier molecular flexibility index (Phi) is 6.03. The van der Waals surface area contributed by atoms with Crippen molar-refractivity contribution in [2.45, 2.75) is 31.6 Å². The molecule has 0 radical (unpaired) electrons. The Hall–Kier alpha value is -3.23. The molecule has 9 heteroatoms. The van der Waals surface area contributed by atoms with Gasteiger partial charge in [0.1, 0.15) is 0 Å². The number of rotatable bonds is 7. The van der Waals surface area contributed by atoms with Crippen LogP contribution in [0.5, 0.6) is 0 Å². The predicted molar refractivity (Wildman–Crippen MR) is 95.3 cm³/mol. The van der Waals surface area contributed by atoms with Crippen molar-refractivity contribution in [3.63, 3.8) is 0 Å². The summed E-state index contributed by atoms with van der Waals surface area (Å²) in [4.78, 5) is 15.9. The van der Waals surface area contributed by atoms with Crippen molar-refractivity contribution in [3.05, 3.63) is 77.9 Å². The van der Waals surface area contributed by atoms with Gasteiger partial charge in [-0.2, -0.15) is 13.2 Å². The lowest BCUT2D eigenvalue weighted by Gasteiger charge is -2.21. The summed E-state index contributed by atoms with van der Waals surface area (Å²) in [5.41, 5.74) is 0.849. The number of carbonyl (C=O) groups is 1. The summed E-state index contributed by atoms with van der Waals surface area (Å²) >= 11 is 0. The van der Waals surface area contributed by atoms with Crippen LogP contribution in [0.3, 0.4) is 0 Å². The van der Waals surface area contributed by atoms with E-state index < -0.39 is 18.1 Å². The minimum atomic E-state index is -4.66. The Balaban J connectivity index is 1.61. The molecule has 0 saturated heterocycles. The smallest absolute Gasteiger partial charge is 0.335 e. The zero-order valence-corrected chi connectivity index (χ0v) is 14.8. The summed E-state index contributed by atoms with van der Waals surface area (Å²) in [5.74, 6) is -0.944. The lowest BCUT2D eigenvalue weighted by Crippen LogP contribution is -2.38. The molecule has 2 aromatic heterocycles. The normalized spacial score (nSPS) is 12.5. The Morgan fingerprint density at radius 2 is 1.93 bits per heavy atom. The molecule has 3 aromatic rings. The van der Waals surface area contributed by atoms with E-state index in [0.717, 1.165) is 19.0 Å². The van der Waals surface area contributed by atoms with Crippen molar-refractivity contribution in [2.24, 2.45) is 0 Å². The molecule has 1 atom stereocenters. The number of amides is 1. The highest BCUT2D eigenvalue weighted by Gasteiger charge is 2.42. The number of aryl methyl sites for hydroxylation is 2. The van der Waals surface area contributed by atoms with Gasteiger partial charge in [0.15, 0.2) is 11.7 Å². The van der Waals surface area contributed by atoms with E-state index in [-0.39, 0.29) is 11.3 Å². The first-order valence-electron chi connectivity index (χ1n) is 8.65. The number of nitrogens with one attached hydrogen (secondary N) is 1. The van der Waals surface area contributed by atoms with Crippen LogP contribution in [0.1, 0.15) is 34.1 Å². The third-order valence-corrected chi connectivity index (χ3v) is 4.09. The molecule has 3 rings (SSSR count). The van der Waals surface area contributed by atoms with Crippen LogP contribution in [-0.2, 0) is 13.0 Å². The molecule has 0 bridgehead atoms. The molecule has 146 valence electrons. The van der Waals surface area contributed by atoms with Gasteiger partial charge >= 0.3 is 6.18 Å². The molecule has 0 spiro atoms. The summed E-state index contributed by atoms with van der Waals surface area (Å²) in [6.45, 7) is 0.500. The van der Waals surface area contributed by atoms with Crippen LogP contribution in [0.2, 0.25) is 0 Å². The van der Waals surface area contributed by atoms with E-state index in [1.165, 1.54) is 34.8 Å². The lowest BCUT2D eigenvalue weighted by molar-refractivity contribution is -0.155. The largest absolute Gasteiger partial charge is 0.412 e. The van der Waals surface area contributed by atoms with E-state index in [9.17, 15) is 18.0 Å². The van der Waals surface area contributed by atoms with Crippen LogP contribution >= 0.6 is 0 Å². The minimum absolute atomic E-state index is 0.154. The van der Waals surface area contributed by atoms with Gasteiger partial charge in [0.2, 0.25) is 0 Å². The summed E-state index contributed by atoms with van der Waals surface area (Å²) < 4.78 is 41.4. The fourth-order valence-corrected chi connectivity index (χ4v) is 2.71. The summed E-state index contributed by atoms with van der Waals surface area (Å²) in [5, 5.41) is 9.48. The molecule has 2 heterocycles. The maximum Gasteiger partial charge on any atom is 0.412 e. The minimum Gasteiger partial charge on any atom is -0.335 e. The van der Waals surface area contributed by atoms with Crippen molar-refractivity contribution in [1.29, 1.82) is 0 Å². The Morgan fingerprint density at radius 1 is 1.14 bits per heavy atom. The number of halogens is 3. The highest BCUT2D eigenvalue weighted by molar-refractivity contribution is 5.92. The predicted octanol–water partition coefficient (Wildman–Crippen LogP) is 3.34. The van der Waals surface area contributed by atoms with E-state index in [1.54, 1.807) is 0 Å². The summed E-state index contributed by atoms with van der Waals surface area (Å²) in [7, 11) is 0. The summed E-state index contributed by atoms with van der Waals surface area (Å²) in [6.07, 6.45) is 0.689. The Labute approximate surface area is 159 Å². The molecular weight excluding hydrogens is 371 g/mol. The van der Waals surface area contributed by atoms with Crippen LogP contribution in [0.4, 0.5) is 13.2 Å². The van der Waals surface area contributed by atoms with Crippen LogP contribution in [0.15, 0.2) is 61.1 Å². The number of nitrogens with zero attached hydrogens (tertiary/aromatic N) is 4. The van der Waals surface area contributed by atoms with Gasteiger partial charge in [-0.05, 0) is 24.5 Å². The monoisotopic (exact) mass is 389 g/mol. The fourth-order valence-electron chi connectivity index (χ4n) is 2.71. The van der Waals surface area contributed by atoms with Crippen molar-refractivity contribution in [1.82, 2.24) is 25.3 Å². The maximum absolute atomic E-state index is 13.3. The molecule has 0 aliphatic heterocycles. The van der Waals surface area contributed by atoms with Crippen molar-refractivity contribution in [3.8, 4) is 0 Å². The molecule has 1 aromatic carbocycles. The van der Waals surface area contributed by atoms with E-state index in [1.807, 2.05) is 35.6 Å². The number of hydrogen-bond acceptors (Lipinski definition) is 4. The van der Waals surface area contributed by atoms with Gasteiger partial charge < -0.3 is 5.32 Å². The van der Waals surface area contributed by atoms with Crippen LogP contribution in [-0.4, -0.2) is 32.1 Å². The van der Waals surface area contributed by atoms with Crippen molar-refractivity contribution < 1.29 is 18.0 Å². The van der Waals surface area contributed by atoms with Gasteiger partial charge in [0.25, 0.3) is 5.91 Å². The molecule has 0 aliphatic carbocycles. The standard InChI is InChI=1S/C19H18F3N5O/c20-19(21,22)17(15-9-4-10-23-12-15)24-18(28)16-13-27(26-25-16)11-5-8-14-6-2-1-3-7-14/h1-4,6-7,9-10,12-13,17H,5,8,11H2,(H,24,28)/t17-/m1/s1. The molecule has 0 unspecified atom stereocenters. The first-order valence-corrected chi connectivity index (χ1v) is 8.65. The average molecular weight is 389 g/mol. The molecule has 28 heavy (non-hydrogen) atoms. The second-order valence-electron chi connectivity index (χ2n) is 6.19.